The van der Waals surface area contributed by atoms with E-state index in [1.54, 1.807) is 41.2 Å². The number of halogens is 2. The molecule has 3 rings (SSSR count). The molecule has 0 bridgehead atoms. The average molecular weight is 374 g/mol. The topological polar surface area (TPSA) is 46.9 Å². The highest BCUT2D eigenvalue weighted by Crippen LogP contribution is 2.17. The third kappa shape index (κ3) is 3.84. The number of hydrogen-bond acceptors (Lipinski definition) is 2. The van der Waals surface area contributed by atoms with Gasteiger partial charge in [0.2, 0.25) is 0 Å². The molecule has 1 amide bonds. The Hall–Kier alpha value is -2.47. The van der Waals surface area contributed by atoms with Crippen molar-refractivity contribution in [2.24, 2.45) is 0 Å². The molecule has 23 heavy (non-hydrogen) atoms. The molecule has 0 radical (unpaired) electrons. The van der Waals surface area contributed by atoms with Crippen LogP contribution in [0.15, 0.2) is 65.3 Å². The number of aromatic nitrogens is 2. The molecule has 0 fully saturated rings. The van der Waals surface area contributed by atoms with E-state index in [-0.39, 0.29) is 11.7 Å². The molecular formula is C17H13BrFN3O. The van der Waals surface area contributed by atoms with E-state index in [1.165, 1.54) is 12.1 Å². The summed E-state index contributed by atoms with van der Waals surface area (Å²) >= 11 is 3.34. The zero-order chi connectivity index (χ0) is 16.2. The summed E-state index contributed by atoms with van der Waals surface area (Å²) in [6.45, 7) is 0.433. The molecule has 0 atom stereocenters. The maximum atomic E-state index is 13.2. The predicted molar refractivity (Wildman–Crippen MR) is 89.8 cm³/mol. The minimum atomic E-state index is -0.280. The first kappa shape index (κ1) is 15.4. The highest BCUT2D eigenvalue weighted by Gasteiger charge is 2.11. The number of anilines is 1. The highest BCUT2D eigenvalue weighted by atomic mass is 79.9. The Balaban J connectivity index is 1.70. The van der Waals surface area contributed by atoms with E-state index in [1.807, 2.05) is 12.1 Å². The number of carbonyl (C=O) groups excluding carboxylic acids is 1. The van der Waals surface area contributed by atoms with Crippen LogP contribution in [0.2, 0.25) is 0 Å². The van der Waals surface area contributed by atoms with Gasteiger partial charge in [0.1, 0.15) is 5.82 Å². The normalized spacial score (nSPS) is 10.5. The molecule has 2 aromatic carbocycles. The van der Waals surface area contributed by atoms with Gasteiger partial charge in [-0.1, -0.05) is 24.3 Å². The number of amides is 1. The Bertz CT molecular complexity index is 847. The first-order valence-corrected chi connectivity index (χ1v) is 7.75. The van der Waals surface area contributed by atoms with Crippen molar-refractivity contribution in [1.82, 2.24) is 9.78 Å². The number of rotatable bonds is 4. The summed E-state index contributed by atoms with van der Waals surface area (Å²) in [7, 11) is 0. The van der Waals surface area contributed by atoms with Crippen LogP contribution in [0.5, 0.6) is 0 Å². The highest BCUT2D eigenvalue weighted by molar-refractivity contribution is 9.10. The van der Waals surface area contributed by atoms with Crippen LogP contribution in [-0.4, -0.2) is 15.7 Å². The Morgan fingerprint density at radius 2 is 2.00 bits per heavy atom. The quantitative estimate of drug-likeness (QED) is 0.748. The molecule has 0 aliphatic rings. The molecule has 3 aromatic rings. The lowest BCUT2D eigenvalue weighted by atomic mass is 10.2. The first-order valence-electron chi connectivity index (χ1n) is 6.95. The van der Waals surface area contributed by atoms with Crippen LogP contribution < -0.4 is 5.32 Å². The second-order valence-electron chi connectivity index (χ2n) is 4.96. The van der Waals surface area contributed by atoms with E-state index >= 15 is 0 Å². The molecule has 0 spiro atoms. The van der Waals surface area contributed by atoms with Crippen molar-refractivity contribution in [3.05, 3.63) is 82.2 Å². The Labute approximate surface area is 141 Å². The number of benzene rings is 2. The van der Waals surface area contributed by atoms with E-state index in [2.05, 4.69) is 26.3 Å². The molecular weight excluding hydrogens is 361 g/mol. The third-order valence-electron chi connectivity index (χ3n) is 3.23. The van der Waals surface area contributed by atoms with Gasteiger partial charge in [0.25, 0.3) is 5.91 Å². The van der Waals surface area contributed by atoms with E-state index in [0.29, 0.717) is 17.9 Å². The fourth-order valence-corrected chi connectivity index (χ4v) is 2.63. The van der Waals surface area contributed by atoms with Crippen LogP contribution in [0.3, 0.4) is 0 Å². The standard InChI is InChI=1S/C17H13BrFN3O/c18-15-7-2-1-6-14(15)17(23)20-16-8-9-22(21-16)11-12-4-3-5-13(19)10-12/h1-10H,11H2,(H,20,21,23). The molecule has 0 saturated carbocycles. The number of nitrogens with zero attached hydrogens (tertiary/aromatic N) is 2. The van der Waals surface area contributed by atoms with Gasteiger partial charge in [-0.2, -0.15) is 5.10 Å². The van der Waals surface area contributed by atoms with Gasteiger partial charge in [0.15, 0.2) is 5.82 Å². The number of carbonyl (C=O) groups is 1. The van der Waals surface area contributed by atoms with Gasteiger partial charge in [0.05, 0.1) is 12.1 Å². The molecule has 1 aromatic heterocycles. The monoisotopic (exact) mass is 373 g/mol. The molecule has 0 saturated heterocycles. The summed E-state index contributed by atoms with van der Waals surface area (Å²) in [5.41, 5.74) is 1.34. The molecule has 1 heterocycles. The second kappa shape index (κ2) is 6.75. The van der Waals surface area contributed by atoms with Crippen LogP contribution in [0.1, 0.15) is 15.9 Å². The smallest absolute Gasteiger partial charge is 0.258 e. The first-order chi connectivity index (χ1) is 11.1. The summed E-state index contributed by atoms with van der Waals surface area (Å²) in [4.78, 5) is 12.2. The molecule has 6 heteroatoms. The second-order valence-corrected chi connectivity index (χ2v) is 5.82. The van der Waals surface area contributed by atoms with Crippen molar-refractivity contribution < 1.29 is 9.18 Å². The third-order valence-corrected chi connectivity index (χ3v) is 3.93. The Morgan fingerprint density at radius 3 is 2.78 bits per heavy atom. The summed E-state index contributed by atoms with van der Waals surface area (Å²) < 4.78 is 15.5. The lowest BCUT2D eigenvalue weighted by Gasteiger charge is -2.04. The molecule has 4 nitrogen and oxygen atoms in total. The SMILES string of the molecule is O=C(Nc1ccn(Cc2cccc(F)c2)n1)c1ccccc1Br. The van der Waals surface area contributed by atoms with Gasteiger partial charge in [-0.25, -0.2) is 4.39 Å². The van der Waals surface area contributed by atoms with Gasteiger partial charge >= 0.3 is 0 Å². The molecule has 116 valence electrons. The van der Waals surface area contributed by atoms with Gasteiger partial charge in [-0.05, 0) is 45.8 Å². The zero-order valence-corrected chi connectivity index (χ0v) is 13.6. The lowest BCUT2D eigenvalue weighted by Crippen LogP contribution is -2.13. The molecule has 1 N–H and O–H groups in total. The van der Waals surface area contributed by atoms with Gasteiger partial charge in [-0.3, -0.25) is 9.48 Å². The summed E-state index contributed by atoms with van der Waals surface area (Å²) in [6.07, 6.45) is 1.74. The van der Waals surface area contributed by atoms with Crippen LogP contribution in [-0.2, 0) is 6.54 Å². The van der Waals surface area contributed by atoms with E-state index in [9.17, 15) is 9.18 Å². The fraction of sp³-hybridized carbons (Fsp3) is 0.0588. The van der Waals surface area contributed by atoms with E-state index in [0.717, 1.165) is 10.0 Å². The summed E-state index contributed by atoms with van der Waals surface area (Å²) in [6, 6.07) is 15.2. The van der Waals surface area contributed by atoms with Gasteiger partial charge in [0, 0.05) is 16.7 Å². The predicted octanol–water partition coefficient (Wildman–Crippen LogP) is 4.09. The van der Waals surface area contributed by atoms with Crippen molar-refractivity contribution in [2.75, 3.05) is 5.32 Å². The number of nitrogens with one attached hydrogen (secondary N) is 1. The Kier molecular flexibility index (Phi) is 4.52. The van der Waals surface area contributed by atoms with Crippen LogP contribution in [0.4, 0.5) is 10.2 Å². The number of hydrogen-bond donors (Lipinski definition) is 1. The minimum Gasteiger partial charge on any atom is -0.305 e. The van der Waals surface area contributed by atoms with Gasteiger partial charge < -0.3 is 5.32 Å². The van der Waals surface area contributed by atoms with Gasteiger partial charge in [-0.15, -0.1) is 0 Å². The molecule has 0 aliphatic carbocycles. The largest absolute Gasteiger partial charge is 0.305 e. The van der Waals surface area contributed by atoms with Crippen molar-refractivity contribution in [3.8, 4) is 0 Å². The summed E-state index contributed by atoms with van der Waals surface area (Å²) in [5, 5.41) is 7.02. The van der Waals surface area contributed by atoms with Crippen LogP contribution in [0, 0.1) is 5.82 Å². The van der Waals surface area contributed by atoms with Crippen molar-refractivity contribution in [3.63, 3.8) is 0 Å². The minimum absolute atomic E-state index is 0.242. The maximum Gasteiger partial charge on any atom is 0.258 e. The van der Waals surface area contributed by atoms with Crippen molar-refractivity contribution in [2.45, 2.75) is 6.54 Å². The van der Waals surface area contributed by atoms with Crippen LogP contribution in [0.25, 0.3) is 0 Å². The molecule has 0 aliphatic heterocycles. The Morgan fingerprint density at radius 1 is 1.17 bits per heavy atom. The van der Waals surface area contributed by atoms with Crippen LogP contribution >= 0.6 is 15.9 Å². The van der Waals surface area contributed by atoms with E-state index < -0.39 is 0 Å². The average Bonchev–Trinajstić information content (AvgIpc) is 2.94. The van der Waals surface area contributed by atoms with Crippen molar-refractivity contribution >= 4 is 27.7 Å². The maximum absolute atomic E-state index is 13.2. The van der Waals surface area contributed by atoms with E-state index in [4.69, 9.17) is 0 Å². The summed E-state index contributed by atoms with van der Waals surface area (Å²) in [5.74, 6) is -0.0762. The lowest BCUT2D eigenvalue weighted by molar-refractivity contribution is 0.102. The molecule has 0 unspecified atom stereocenters. The zero-order valence-electron chi connectivity index (χ0n) is 12.0. The van der Waals surface area contributed by atoms with Crippen molar-refractivity contribution in [1.29, 1.82) is 0 Å². The fourth-order valence-electron chi connectivity index (χ4n) is 2.17.